The Morgan fingerprint density at radius 2 is 2.36 bits per heavy atom. The lowest BCUT2D eigenvalue weighted by molar-refractivity contribution is 1.05. The van der Waals surface area contributed by atoms with Gasteiger partial charge in [-0.25, -0.2) is 10.3 Å². The van der Waals surface area contributed by atoms with Crippen molar-refractivity contribution in [3.63, 3.8) is 0 Å². The molecule has 1 N–H and O–H groups in total. The second-order valence-corrected chi connectivity index (χ2v) is 2.29. The summed E-state index contributed by atoms with van der Waals surface area (Å²) < 4.78 is 0. The number of H-pyrrole nitrogens is 1. The lowest BCUT2D eigenvalue weighted by Crippen LogP contribution is -1.81. The van der Waals surface area contributed by atoms with Crippen LogP contribution >= 0.6 is 0 Å². The highest BCUT2D eigenvalue weighted by atomic mass is 15.1. The molecule has 0 unspecified atom stereocenters. The fourth-order valence-electron chi connectivity index (χ4n) is 0.989. The molecule has 0 bridgehead atoms. The third-order valence-electron chi connectivity index (χ3n) is 1.57. The lowest BCUT2D eigenvalue weighted by Gasteiger charge is -1.91. The molecule has 1 aromatic rings. The van der Waals surface area contributed by atoms with Crippen molar-refractivity contribution in [2.75, 3.05) is 0 Å². The molecular weight excluding hydrogens is 140 g/mol. The van der Waals surface area contributed by atoms with E-state index in [0.717, 1.165) is 17.0 Å². The van der Waals surface area contributed by atoms with Crippen LogP contribution in [0.4, 0.5) is 0 Å². The Labute approximate surface area is 64.0 Å². The van der Waals surface area contributed by atoms with Gasteiger partial charge < -0.3 is 0 Å². The maximum atomic E-state index is 4.05. The molecule has 1 radical (unpaired) electrons. The molecule has 1 aliphatic rings. The van der Waals surface area contributed by atoms with E-state index in [1.807, 2.05) is 13.1 Å². The van der Waals surface area contributed by atoms with Crippen LogP contribution < -0.4 is 5.32 Å². The van der Waals surface area contributed by atoms with Crippen molar-refractivity contribution in [3.8, 4) is 0 Å². The van der Waals surface area contributed by atoms with Gasteiger partial charge in [-0.2, -0.15) is 5.10 Å². The molecule has 1 aliphatic heterocycles. The molecule has 0 amide bonds. The highest BCUT2D eigenvalue weighted by Gasteiger charge is 2.07. The van der Waals surface area contributed by atoms with Crippen molar-refractivity contribution >= 4 is 12.0 Å². The van der Waals surface area contributed by atoms with Crippen molar-refractivity contribution in [1.82, 2.24) is 15.5 Å². The van der Waals surface area contributed by atoms with E-state index in [1.54, 1.807) is 6.20 Å². The number of nitrogens with zero attached hydrogens (tertiary/aromatic N) is 3. The smallest absolute Gasteiger partial charge is 0.116 e. The average Bonchev–Trinajstić information content (AvgIpc) is 2.55. The maximum absolute atomic E-state index is 4.05. The minimum atomic E-state index is 0.872. The third kappa shape index (κ3) is 0.920. The van der Waals surface area contributed by atoms with Gasteiger partial charge in [-0.3, -0.25) is 5.10 Å². The number of aromatic nitrogens is 2. The molecule has 2 heterocycles. The number of hydrogen-bond donors (Lipinski definition) is 1. The van der Waals surface area contributed by atoms with Gasteiger partial charge >= 0.3 is 0 Å². The molecule has 2 rings (SSSR count). The second-order valence-electron chi connectivity index (χ2n) is 2.29. The summed E-state index contributed by atoms with van der Waals surface area (Å²) >= 11 is 0. The van der Waals surface area contributed by atoms with E-state index in [2.05, 4.69) is 20.5 Å². The largest absolute Gasteiger partial charge is 0.285 e. The number of nitrogens with one attached hydrogen (secondary N) is 1. The molecule has 4 nitrogen and oxygen atoms in total. The molecule has 11 heavy (non-hydrogen) atoms. The first-order valence-corrected chi connectivity index (χ1v) is 3.31. The topological polar surface area (TPSA) is 55.1 Å². The standard InChI is InChI=1S/C7H7N4/c1-5-6(2-10-11-5)7-3-8-4-9-7/h2-4H,1H3,(H,10,11). The van der Waals surface area contributed by atoms with Gasteiger partial charge in [0.05, 0.1) is 17.6 Å². The highest BCUT2D eigenvalue weighted by Crippen LogP contribution is 2.18. The summed E-state index contributed by atoms with van der Waals surface area (Å²) in [5.74, 6) is 0. The van der Waals surface area contributed by atoms with Crippen LogP contribution in [0.3, 0.4) is 0 Å². The van der Waals surface area contributed by atoms with Gasteiger partial charge in [0.15, 0.2) is 0 Å². The first-order chi connectivity index (χ1) is 5.38. The molecule has 55 valence electrons. The van der Waals surface area contributed by atoms with Gasteiger partial charge in [-0.05, 0) is 6.92 Å². The fourth-order valence-corrected chi connectivity index (χ4v) is 0.989. The van der Waals surface area contributed by atoms with Crippen LogP contribution in [-0.2, 0) is 0 Å². The maximum Gasteiger partial charge on any atom is 0.116 e. The van der Waals surface area contributed by atoms with Crippen molar-refractivity contribution in [1.29, 1.82) is 0 Å². The molecule has 0 saturated carbocycles. The summed E-state index contributed by atoms with van der Waals surface area (Å²) in [6.45, 7) is 1.93. The lowest BCUT2D eigenvalue weighted by atomic mass is 10.2. The normalized spacial score (nSPS) is 14.8. The van der Waals surface area contributed by atoms with Crippen LogP contribution in [0, 0.1) is 6.92 Å². The molecule has 0 fully saturated rings. The van der Waals surface area contributed by atoms with E-state index in [9.17, 15) is 0 Å². The quantitative estimate of drug-likeness (QED) is 0.623. The summed E-state index contributed by atoms with van der Waals surface area (Å²) in [5, 5.41) is 10.6. The molecular formula is C7H7N4. The van der Waals surface area contributed by atoms with Gasteiger partial charge in [-0.15, -0.1) is 0 Å². The van der Waals surface area contributed by atoms with Crippen molar-refractivity contribution < 1.29 is 0 Å². The minimum absolute atomic E-state index is 0.872. The van der Waals surface area contributed by atoms with E-state index >= 15 is 0 Å². The van der Waals surface area contributed by atoms with E-state index in [0.29, 0.717) is 0 Å². The highest BCUT2D eigenvalue weighted by molar-refractivity contribution is 5.79. The Kier molecular flexibility index (Phi) is 1.25. The van der Waals surface area contributed by atoms with E-state index in [1.165, 1.54) is 6.34 Å². The van der Waals surface area contributed by atoms with E-state index in [-0.39, 0.29) is 0 Å². The number of rotatable bonds is 1. The molecule has 0 aromatic carbocycles. The predicted octanol–water partition coefficient (Wildman–Crippen LogP) is 0.663. The monoisotopic (exact) mass is 147 g/mol. The molecule has 0 aliphatic carbocycles. The van der Waals surface area contributed by atoms with Gasteiger partial charge in [0.2, 0.25) is 0 Å². The zero-order chi connectivity index (χ0) is 7.68. The number of aryl methyl sites for hydroxylation is 1. The number of aliphatic imine (C=N–C) groups is 1. The zero-order valence-electron chi connectivity index (χ0n) is 6.07. The fraction of sp³-hybridized carbons (Fsp3) is 0.143. The van der Waals surface area contributed by atoms with Gasteiger partial charge in [0.1, 0.15) is 6.34 Å². The summed E-state index contributed by atoms with van der Waals surface area (Å²) in [5.41, 5.74) is 2.84. The third-order valence-corrected chi connectivity index (χ3v) is 1.57. The van der Waals surface area contributed by atoms with Crippen LogP contribution in [-0.4, -0.2) is 16.5 Å². The first-order valence-electron chi connectivity index (χ1n) is 3.31. The molecule has 0 atom stereocenters. The zero-order valence-corrected chi connectivity index (χ0v) is 6.07. The van der Waals surface area contributed by atoms with Crippen molar-refractivity contribution in [3.05, 3.63) is 23.7 Å². The second kappa shape index (κ2) is 2.23. The Hall–Kier alpha value is -1.58. The van der Waals surface area contributed by atoms with Crippen LogP contribution in [0.25, 0.3) is 5.70 Å². The summed E-state index contributed by atoms with van der Waals surface area (Å²) in [7, 11) is 0. The Morgan fingerprint density at radius 3 is 2.91 bits per heavy atom. The Morgan fingerprint density at radius 1 is 1.45 bits per heavy atom. The molecule has 1 aromatic heterocycles. The minimum Gasteiger partial charge on any atom is -0.285 e. The van der Waals surface area contributed by atoms with Crippen LogP contribution in [0.5, 0.6) is 0 Å². The molecule has 0 saturated heterocycles. The summed E-state index contributed by atoms with van der Waals surface area (Å²) in [6.07, 6.45) is 5.07. The SMILES string of the molecule is Cc1n[nH]cc1C1=C[N]C=N1. The molecule has 4 heteroatoms. The van der Waals surface area contributed by atoms with Crippen LogP contribution in [0.15, 0.2) is 17.4 Å². The van der Waals surface area contributed by atoms with Crippen molar-refractivity contribution in [2.45, 2.75) is 6.92 Å². The van der Waals surface area contributed by atoms with Gasteiger partial charge in [0, 0.05) is 11.8 Å². The van der Waals surface area contributed by atoms with Gasteiger partial charge in [-0.1, -0.05) is 0 Å². The van der Waals surface area contributed by atoms with Gasteiger partial charge in [0.25, 0.3) is 0 Å². The number of hydrogen-bond acceptors (Lipinski definition) is 2. The van der Waals surface area contributed by atoms with E-state index < -0.39 is 0 Å². The summed E-state index contributed by atoms with van der Waals surface area (Å²) in [4.78, 5) is 4.05. The van der Waals surface area contributed by atoms with E-state index in [4.69, 9.17) is 0 Å². The summed E-state index contributed by atoms with van der Waals surface area (Å²) in [6, 6.07) is 0. The van der Waals surface area contributed by atoms with Crippen LogP contribution in [0.1, 0.15) is 11.3 Å². The predicted molar refractivity (Wildman–Crippen MR) is 41.9 cm³/mol. The Bertz CT molecular complexity index is 321. The molecule has 0 spiro atoms. The Balaban J connectivity index is 2.43. The number of aromatic amines is 1. The van der Waals surface area contributed by atoms with Crippen LogP contribution in [0.2, 0.25) is 0 Å². The average molecular weight is 147 g/mol. The van der Waals surface area contributed by atoms with Crippen molar-refractivity contribution in [2.24, 2.45) is 4.99 Å². The first kappa shape index (κ1) is 6.15.